The van der Waals surface area contributed by atoms with Crippen molar-refractivity contribution in [2.24, 2.45) is 5.92 Å². The maximum Gasteiger partial charge on any atom is 0.104 e. The molecule has 0 aromatic carbocycles. The third-order valence-corrected chi connectivity index (χ3v) is 4.74. The highest BCUT2D eigenvalue weighted by molar-refractivity contribution is 4.84. The summed E-state index contributed by atoms with van der Waals surface area (Å²) in [5.74, 6) is 0.463. The molecule has 3 atom stereocenters. The summed E-state index contributed by atoms with van der Waals surface area (Å²) in [6, 6.07) is 0. The van der Waals surface area contributed by atoms with E-state index in [1.807, 2.05) is 6.92 Å². The first-order chi connectivity index (χ1) is 11.1. The lowest BCUT2D eigenvalue weighted by Gasteiger charge is -2.35. The van der Waals surface area contributed by atoms with Crippen molar-refractivity contribution in [3.63, 3.8) is 0 Å². The number of ether oxygens (including phenoxy) is 4. The lowest BCUT2D eigenvalue weighted by molar-refractivity contribution is -0.0353. The van der Waals surface area contributed by atoms with Gasteiger partial charge in [-0.3, -0.25) is 0 Å². The van der Waals surface area contributed by atoms with E-state index in [2.05, 4.69) is 6.58 Å². The van der Waals surface area contributed by atoms with E-state index in [1.165, 1.54) is 38.4 Å². The van der Waals surface area contributed by atoms with Crippen LogP contribution in [0.5, 0.6) is 0 Å². The summed E-state index contributed by atoms with van der Waals surface area (Å²) in [4.78, 5) is 0. The number of hydrogen-bond acceptors (Lipinski definition) is 5. The second kappa shape index (κ2) is 9.62. The molecule has 1 N–H and O–H groups in total. The van der Waals surface area contributed by atoms with Gasteiger partial charge in [0, 0.05) is 6.42 Å². The van der Waals surface area contributed by atoms with Gasteiger partial charge in [0.05, 0.1) is 44.9 Å². The minimum Gasteiger partial charge on any atom is -0.502 e. The number of epoxide rings is 2. The predicted octanol–water partition coefficient (Wildman–Crippen LogP) is 2.67. The van der Waals surface area contributed by atoms with E-state index in [4.69, 9.17) is 18.9 Å². The smallest absolute Gasteiger partial charge is 0.104 e. The van der Waals surface area contributed by atoms with Crippen molar-refractivity contribution >= 4 is 0 Å². The summed E-state index contributed by atoms with van der Waals surface area (Å²) in [5, 5.41) is 10.3. The Morgan fingerprint density at radius 1 is 1.13 bits per heavy atom. The van der Waals surface area contributed by atoms with Gasteiger partial charge in [-0.2, -0.15) is 0 Å². The monoisotopic (exact) mass is 328 g/mol. The van der Waals surface area contributed by atoms with Gasteiger partial charge >= 0.3 is 0 Å². The standard InChI is InChI=1S/C12H22O2.C6H10O3/c1-3-14-10-9-12(2,13)11-7-5-4-6-8-11;1(5-3-8-5)7-2-6-4-9-6/h3,11,13H,1,4-10H2,2H3;5-6H,1-4H2. The van der Waals surface area contributed by atoms with Crippen LogP contribution in [0.15, 0.2) is 12.8 Å². The molecule has 0 spiro atoms. The molecule has 0 radical (unpaired) electrons. The van der Waals surface area contributed by atoms with Crippen molar-refractivity contribution in [3.05, 3.63) is 12.8 Å². The van der Waals surface area contributed by atoms with Crippen LogP contribution in [-0.4, -0.2) is 55.9 Å². The lowest BCUT2D eigenvalue weighted by Crippen LogP contribution is -2.36. The van der Waals surface area contributed by atoms with Gasteiger partial charge < -0.3 is 24.1 Å². The molecule has 1 aliphatic carbocycles. The summed E-state index contributed by atoms with van der Waals surface area (Å²) in [7, 11) is 0. The van der Waals surface area contributed by atoms with E-state index in [-0.39, 0.29) is 0 Å². The van der Waals surface area contributed by atoms with Crippen LogP contribution < -0.4 is 0 Å². The number of hydrogen-bond donors (Lipinski definition) is 1. The van der Waals surface area contributed by atoms with E-state index in [0.717, 1.165) is 26.4 Å². The number of aliphatic hydroxyl groups is 1. The summed E-state index contributed by atoms with van der Waals surface area (Å²) < 4.78 is 20.2. The Hall–Kier alpha value is -0.620. The zero-order chi connectivity index (χ0) is 16.5. The zero-order valence-electron chi connectivity index (χ0n) is 14.4. The maximum absolute atomic E-state index is 10.3. The highest BCUT2D eigenvalue weighted by atomic mass is 16.6. The van der Waals surface area contributed by atoms with Gasteiger partial charge in [0.1, 0.15) is 12.2 Å². The molecule has 3 unspecified atom stereocenters. The Kier molecular flexibility index (Phi) is 7.83. The third-order valence-electron chi connectivity index (χ3n) is 4.74. The molecule has 23 heavy (non-hydrogen) atoms. The molecule has 3 fully saturated rings. The van der Waals surface area contributed by atoms with E-state index < -0.39 is 5.60 Å². The molecule has 1 saturated carbocycles. The number of rotatable bonds is 9. The van der Waals surface area contributed by atoms with Crippen LogP contribution in [0.4, 0.5) is 0 Å². The molecular weight excluding hydrogens is 296 g/mol. The van der Waals surface area contributed by atoms with Crippen LogP contribution in [0.2, 0.25) is 0 Å². The van der Waals surface area contributed by atoms with Crippen molar-refractivity contribution in [1.29, 1.82) is 0 Å². The highest BCUT2D eigenvalue weighted by Gasteiger charge is 2.32. The maximum atomic E-state index is 10.3. The van der Waals surface area contributed by atoms with E-state index in [9.17, 15) is 5.11 Å². The fourth-order valence-corrected chi connectivity index (χ4v) is 2.94. The largest absolute Gasteiger partial charge is 0.502 e. The van der Waals surface area contributed by atoms with Crippen molar-refractivity contribution in [1.82, 2.24) is 0 Å². The zero-order valence-corrected chi connectivity index (χ0v) is 14.4. The highest BCUT2D eigenvalue weighted by Crippen LogP contribution is 2.34. The molecule has 3 rings (SSSR count). The minimum atomic E-state index is -0.552. The van der Waals surface area contributed by atoms with Gasteiger partial charge in [-0.05, 0) is 25.7 Å². The molecular formula is C18H32O5. The second-order valence-electron chi connectivity index (χ2n) is 6.93. The van der Waals surface area contributed by atoms with Crippen molar-refractivity contribution < 1.29 is 24.1 Å². The first-order valence-electron chi connectivity index (χ1n) is 8.87. The summed E-state index contributed by atoms with van der Waals surface area (Å²) >= 11 is 0. The molecule has 2 aliphatic heterocycles. The summed E-state index contributed by atoms with van der Waals surface area (Å²) in [6.07, 6.45) is 9.14. The Labute approximate surface area is 139 Å². The second-order valence-corrected chi connectivity index (χ2v) is 6.93. The molecule has 0 bridgehead atoms. The van der Waals surface area contributed by atoms with E-state index in [0.29, 0.717) is 31.2 Å². The van der Waals surface area contributed by atoms with Crippen molar-refractivity contribution in [2.45, 2.75) is 63.3 Å². The molecule has 0 aromatic rings. The van der Waals surface area contributed by atoms with Crippen LogP contribution in [0, 0.1) is 5.92 Å². The minimum absolute atomic E-state index is 0.392. The Morgan fingerprint density at radius 3 is 2.17 bits per heavy atom. The molecule has 0 aromatic heterocycles. The van der Waals surface area contributed by atoms with Crippen LogP contribution in [0.3, 0.4) is 0 Å². The van der Waals surface area contributed by atoms with Crippen LogP contribution >= 0.6 is 0 Å². The Morgan fingerprint density at radius 2 is 1.70 bits per heavy atom. The van der Waals surface area contributed by atoms with Crippen LogP contribution in [0.1, 0.15) is 45.4 Å². The quantitative estimate of drug-likeness (QED) is 0.400. The Balaban J connectivity index is 0.000000182. The van der Waals surface area contributed by atoms with Crippen molar-refractivity contribution in [3.8, 4) is 0 Å². The molecule has 5 heteroatoms. The SMILES string of the molecule is C(OCC1CO1)C1CO1.C=COCCC(C)(O)C1CCCCC1. The van der Waals surface area contributed by atoms with Crippen LogP contribution in [0.25, 0.3) is 0 Å². The topological polar surface area (TPSA) is 63.8 Å². The molecule has 3 aliphatic rings. The molecule has 5 nitrogen and oxygen atoms in total. The van der Waals surface area contributed by atoms with Gasteiger partial charge in [0.25, 0.3) is 0 Å². The van der Waals surface area contributed by atoms with Crippen molar-refractivity contribution in [2.75, 3.05) is 33.0 Å². The van der Waals surface area contributed by atoms with Gasteiger partial charge in [0.2, 0.25) is 0 Å². The first kappa shape index (κ1) is 18.7. The van der Waals surface area contributed by atoms with Gasteiger partial charge in [-0.25, -0.2) is 0 Å². The summed E-state index contributed by atoms with van der Waals surface area (Å²) in [5.41, 5.74) is -0.552. The average molecular weight is 328 g/mol. The fraction of sp³-hybridized carbons (Fsp3) is 0.889. The Bertz CT molecular complexity index is 318. The first-order valence-corrected chi connectivity index (χ1v) is 8.87. The van der Waals surface area contributed by atoms with Gasteiger partial charge in [-0.15, -0.1) is 0 Å². The van der Waals surface area contributed by atoms with E-state index in [1.54, 1.807) is 0 Å². The fourth-order valence-electron chi connectivity index (χ4n) is 2.94. The molecule has 2 heterocycles. The predicted molar refractivity (Wildman–Crippen MR) is 88.3 cm³/mol. The van der Waals surface area contributed by atoms with Gasteiger partial charge in [-0.1, -0.05) is 25.8 Å². The average Bonchev–Trinajstić information content (AvgIpc) is 3.44. The molecule has 2 saturated heterocycles. The third kappa shape index (κ3) is 8.15. The van der Waals surface area contributed by atoms with Gasteiger partial charge in [0.15, 0.2) is 0 Å². The lowest BCUT2D eigenvalue weighted by atomic mass is 9.76. The van der Waals surface area contributed by atoms with E-state index >= 15 is 0 Å². The molecule has 0 amide bonds. The molecule has 134 valence electrons. The van der Waals surface area contributed by atoms with Crippen LogP contribution in [-0.2, 0) is 18.9 Å². The normalized spacial score (nSPS) is 29.0. The summed E-state index contributed by atoms with van der Waals surface area (Å²) in [6.45, 7) is 9.27.